The van der Waals surface area contributed by atoms with Gasteiger partial charge in [-0.2, -0.15) is 0 Å². The van der Waals surface area contributed by atoms with Crippen molar-refractivity contribution in [2.45, 2.75) is 90.9 Å². The lowest BCUT2D eigenvalue weighted by Gasteiger charge is -2.55. The molecule has 3 fully saturated rings. The number of piperidine rings is 1. The second-order valence-corrected chi connectivity index (χ2v) is 13.3. The zero-order valence-corrected chi connectivity index (χ0v) is 24.6. The zero-order valence-electron chi connectivity index (χ0n) is 24.6. The molecule has 1 N–H and O–H groups in total. The highest BCUT2D eigenvalue weighted by Gasteiger charge is 2.65. The number of hydrogen-bond donors (Lipinski definition) is 1. The van der Waals surface area contributed by atoms with Crippen LogP contribution in [0.15, 0.2) is 47.1 Å². The van der Waals surface area contributed by atoms with Crippen LogP contribution < -0.4 is 4.90 Å². The van der Waals surface area contributed by atoms with Gasteiger partial charge in [0.25, 0.3) is 0 Å². The van der Waals surface area contributed by atoms with Gasteiger partial charge in [-0.3, -0.25) is 9.59 Å². The van der Waals surface area contributed by atoms with Gasteiger partial charge in [-0.1, -0.05) is 50.3 Å². The minimum absolute atomic E-state index is 0.207. The van der Waals surface area contributed by atoms with Crippen molar-refractivity contribution in [1.82, 2.24) is 0 Å². The summed E-state index contributed by atoms with van der Waals surface area (Å²) in [6.07, 6.45) is 11.4. The molecule has 212 valence electrons. The molecule has 0 bridgehead atoms. The van der Waals surface area contributed by atoms with E-state index in [2.05, 4.69) is 54.9 Å². The molecule has 5 aliphatic rings. The Morgan fingerprint density at radius 2 is 1.88 bits per heavy atom. The molecule has 1 heterocycles. The third-order valence-electron chi connectivity index (χ3n) is 11.5. The fraction of sp³-hybridized carbons (Fsp3) is 0.611. The first-order valence-electron chi connectivity index (χ1n) is 15.8. The Morgan fingerprint density at radius 3 is 2.58 bits per heavy atom. The molecule has 4 nitrogen and oxygen atoms in total. The molecule has 0 amide bonds. The minimum Gasteiger partial charge on any atom is -0.384 e. The van der Waals surface area contributed by atoms with Gasteiger partial charge in [0.2, 0.25) is 0 Å². The van der Waals surface area contributed by atoms with E-state index in [4.69, 9.17) is 0 Å². The molecule has 0 aromatic heterocycles. The summed E-state index contributed by atoms with van der Waals surface area (Å²) in [5, 5.41) is 9.68. The normalized spacial score (nSPS) is 35.2. The number of fused-ring (bicyclic) bond motifs is 4. The molecule has 1 unspecified atom stereocenters. The first kappa shape index (κ1) is 27.5. The lowest BCUT2D eigenvalue weighted by Crippen LogP contribution is -2.51. The highest BCUT2D eigenvalue weighted by Crippen LogP contribution is 2.70. The highest BCUT2D eigenvalue weighted by molar-refractivity contribution is 5.93. The van der Waals surface area contributed by atoms with Crippen molar-refractivity contribution in [3.63, 3.8) is 0 Å². The molecule has 4 aliphatic carbocycles. The number of nitrogens with zero attached hydrogens (tertiary/aromatic N) is 1. The summed E-state index contributed by atoms with van der Waals surface area (Å²) in [5.41, 5.74) is 5.94. The molecule has 6 atom stereocenters. The number of hydrogen-bond acceptors (Lipinski definition) is 4. The Balaban J connectivity index is 1.49. The zero-order chi connectivity index (χ0) is 28.1. The fourth-order valence-electron chi connectivity index (χ4n) is 9.57. The number of anilines is 1. The van der Waals surface area contributed by atoms with E-state index in [1.165, 1.54) is 41.7 Å². The molecule has 0 spiro atoms. The molecular weight excluding hydrogens is 494 g/mol. The van der Waals surface area contributed by atoms with Crippen LogP contribution in [0, 0.1) is 40.4 Å². The van der Waals surface area contributed by atoms with Crippen LogP contribution in [0.1, 0.15) is 96.5 Å². The molecule has 4 heteroatoms. The standard InChI is InChI=1S/C36H45NO3/c1-4-33(40)36(16-8-20-38)17-15-32-30-21-24(2)29-22-27(39)13-14-28(29)34(30)31(23-35(32,36)3)25-9-11-26(12-10-25)37-18-6-5-7-19-37/h9-12,22,24,30-32,38H,4-7,13-15,17-21,23H2,1-3H3/t24?,30-,31+,32-,35-,36+/m0/s1. The summed E-state index contributed by atoms with van der Waals surface area (Å²) in [6.45, 7) is 8.66. The summed E-state index contributed by atoms with van der Waals surface area (Å²) in [6, 6.07) is 9.31. The van der Waals surface area contributed by atoms with Crippen molar-refractivity contribution in [2.75, 3.05) is 24.6 Å². The molecule has 6 rings (SSSR count). The van der Waals surface area contributed by atoms with Gasteiger partial charge >= 0.3 is 0 Å². The van der Waals surface area contributed by atoms with Crippen LogP contribution in [-0.2, 0) is 9.59 Å². The smallest absolute Gasteiger partial charge is 0.156 e. The number of allylic oxidation sites excluding steroid dienone is 4. The first-order chi connectivity index (χ1) is 19.3. The van der Waals surface area contributed by atoms with Gasteiger partial charge in [0, 0.05) is 37.5 Å². The molecule has 0 radical (unpaired) electrons. The van der Waals surface area contributed by atoms with Crippen molar-refractivity contribution in [3.8, 4) is 11.8 Å². The maximum atomic E-state index is 13.8. The van der Waals surface area contributed by atoms with Crippen LogP contribution in [0.5, 0.6) is 0 Å². The summed E-state index contributed by atoms with van der Waals surface area (Å²) < 4.78 is 0. The van der Waals surface area contributed by atoms with Crippen molar-refractivity contribution >= 4 is 17.3 Å². The van der Waals surface area contributed by atoms with E-state index in [9.17, 15) is 14.7 Å². The van der Waals surface area contributed by atoms with Gasteiger partial charge in [0.15, 0.2) is 11.6 Å². The number of benzene rings is 1. The van der Waals surface area contributed by atoms with Crippen molar-refractivity contribution < 1.29 is 14.7 Å². The van der Waals surface area contributed by atoms with Crippen LogP contribution in [0.4, 0.5) is 5.69 Å². The van der Waals surface area contributed by atoms with Crippen LogP contribution >= 0.6 is 0 Å². The number of aliphatic hydroxyl groups excluding tert-OH is 1. The van der Waals surface area contributed by atoms with Gasteiger partial charge < -0.3 is 10.0 Å². The molecule has 1 aliphatic heterocycles. The third-order valence-corrected chi connectivity index (χ3v) is 11.5. The Kier molecular flexibility index (Phi) is 7.32. The van der Waals surface area contributed by atoms with E-state index in [1.54, 1.807) is 5.57 Å². The van der Waals surface area contributed by atoms with Crippen LogP contribution in [-0.4, -0.2) is 36.4 Å². The van der Waals surface area contributed by atoms with Gasteiger partial charge in [0.1, 0.15) is 6.61 Å². The second kappa shape index (κ2) is 10.6. The summed E-state index contributed by atoms with van der Waals surface area (Å²) in [4.78, 5) is 28.8. The lowest BCUT2D eigenvalue weighted by molar-refractivity contribution is -0.132. The summed E-state index contributed by atoms with van der Waals surface area (Å²) in [7, 11) is 0. The van der Waals surface area contributed by atoms with E-state index < -0.39 is 5.41 Å². The summed E-state index contributed by atoms with van der Waals surface area (Å²) >= 11 is 0. The predicted octanol–water partition coefficient (Wildman–Crippen LogP) is 6.78. The fourth-order valence-corrected chi connectivity index (χ4v) is 9.57. The monoisotopic (exact) mass is 539 g/mol. The lowest BCUT2D eigenvalue weighted by atomic mass is 9.47. The largest absolute Gasteiger partial charge is 0.384 e. The predicted molar refractivity (Wildman–Crippen MR) is 160 cm³/mol. The van der Waals surface area contributed by atoms with Gasteiger partial charge in [0.05, 0.1) is 5.41 Å². The Hall–Kier alpha value is -2.64. The Bertz CT molecular complexity index is 1300. The second-order valence-electron chi connectivity index (χ2n) is 13.3. The number of Topliss-reactive ketones (excluding diaryl/α,β-unsaturated/α-hetero) is 1. The maximum Gasteiger partial charge on any atom is 0.156 e. The van der Waals surface area contributed by atoms with Crippen molar-refractivity contribution in [2.24, 2.45) is 28.6 Å². The van der Waals surface area contributed by atoms with E-state index >= 15 is 0 Å². The van der Waals surface area contributed by atoms with Gasteiger partial charge in [-0.05, 0) is 109 Å². The highest BCUT2D eigenvalue weighted by atomic mass is 16.2. The van der Waals surface area contributed by atoms with E-state index in [0.29, 0.717) is 30.6 Å². The quantitative estimate of drug-likeness (QED) is 0.429. The van der Waals surface area contributed by atoms with Gasteiger partial charge in [-0.25, -0.2) is 0 Å². The third kappa shape index (κ3) is 4.23. The van der Waals surface area contributed by atoms with Crippen LogP contribution in [0.25, 0.3) is 0 Å². The maximum absolute atomic E-state index is 13.8. The molecule has 1 aromatic carbocycles. The SMILES string of the molecule is CCC(=O)[C@@]1(C#CCO)CC[C@H]2[C@@H]3CC(C)C4=CC(=O)CCC4=C3[C@@H](c3ccc(N4CCCCC4)cc3)C[C@@]21C. The van der Waals surface area contributed by atoms with Gasteiger partial charge in [-0.15, -0.1) is 0 Å². The average Bonchev–Trinajstić information content (AvgIpc) is 3.28. The summed E-state index contributed by atoms with van der Waals surface area (Å²) in [5.74, 6) is 8.18. The van der Waals surface area contributed by atoms with Crippen molar-refractivity contribution in [1.29, 1.82) is 0 Å². The topological polar surface area (TPSA) is 57.6 Å². The van der Waals surface area contributed by atoms with E-state index in [1.807, 2.05) is 13.0 Å². The minimum atomic E-state index is -0.709. The first-order valence-corrected chi connectivity index (χ1v) is 15.8. The number of carbonyl (C=O) groups excluding carboxylic acids is 2. The Morgan fingerprint density at radius 1 is 1.12 bits per heavy atom. The Labute approximate surface area is 240 Å². The average molecular weight is 540 g/mol. The molecule has 2 saturated carbocycles. The van der Waals surface area contributed by atoms with Crippen LogP contribution in [0.3, 0.4) is 0 Å². The number of ketones is 2. The van der Waals surface area contributed by atoms with Crippen molar-refractivity contribution in [3.05, 3.63) is 52.6 Å². The molecular formula is C36H45NO3. The molecule has 1 aromatic rings. The van der Waals surface area contributed by atoms with E-state index in [-0.39, 0.29) is 29.5 Å². The van der Waals surface area contributed by atoms with Crippen LogP contribution in [0.2, 0.25) is 0 Å². The number of rotatable bonds is 4. The van der Waals surface area contributed by atoms with E-state index in [0.717, 1.165) is 45.2 Å². The molecule has 1 saturated heterocycles. The number of aliphatic hydroxyl groups is 1. The number of carbonyl (C=O) groups is 2. The molecule has 40 heavy (non-hydrogen) atoms.